The van der Waals surface area contributed by atoms with E-state index in [4.69, 9.17) is 0 Å². The van der Waals surface area contributed by atoms with Gasteiger partial charge in [0.1, 0.15) is 23.1 Å². The second-order valence-electron chi connectivity index (χ2n) is 4.05. The van der Waals surface area contributed by atoms with Crippen molar-refractivity contribution in [1.82, 2.24) is 4.98 Å². The normalized spacial score (nSPS) is 10.2. The summed E-state index contributed by atoms with van der Waals surface area (Å²) in [6.45, 7) is 2.58. The number of benzene rings is 1. The van der Waals surface area contributed by atoms with E-state index in [1.54, 1.807) is 12.1 Å². The summed E-state index contributed by atoms with van der Waals surface area (Å²) < 4.78 is 26.1. The molecule has 4 nitrogen and oxygen atoms in total. The SMILES string of the molecule is CCNc1cccc(C(=O)Nc2cc(F)cc(F)c2)n1. The second kappa shape index (κ2) is 6.10. The van der Waals surface area contributed by atoms with Crippen LogP contribution in [0.3, 0.4) is 0 Å². The fourth-order valence-electron chi connectivity index (χ4n) is 1.66. The first-order valence-corrected chi connectivity index (χ1v) is 6.07. The first kappa shape index (κ1) is 13.9. The summed E-state index contributed by atoms with van der Waals surface area (Å²) in [6.07, 6.45) is 0. The van der Waals surface area contributed by atoms with Gasteiger partial charge in [-0.2, -0.15) is 0 Å². The molecule has 0 saturated carbocycles. The van der Waals surface area contributed by atoms with Gasteiger partial charge >= 0.3 is 0 Å². The molecule has 20 heavy (non-hydrogen) atoms. The Morgan fingerprint density at radius 2 is 1.90 bits per heavy atom. The minimum atomic E-state index is -0.755. The van der Waals surface area contributed by atoms with E-state index >= 15 is 0 Å². The minimum Gasteiger partial charge on any atom is -0.370 e. The van der Waals surface area contributed by atoms with Crippen LogP contribution in [-0.2, 0) is 0 Å². The molecule has 1 amide bonds. The lowest BCUT2D eigenvalue weighted by molar-refractivity contribution is 0.102. The molecule has 2 rings (SSSR count). The number of anilines is 2. The van der Waals surface area contributed by atoms with Crippen LogP contribution in [-0.4, -0.2) is 17.4 Å². The fourth-order valence-corrected chi connectivity index (χ4v) is 1.66. The lowest BCUT2D eigenvalue weighted by atomic mass is 10.2. The van der Waals surface area contributed by atoms with Crippen molar-refractivity contribution in [3.63, 3.8) is 0 Å². The van der Waals surface area contributed by atoms with Crippen molar-refractivity contribution in [2.75, 3.05) is 17.2 Å². The molecule has 0 unspecified atom stereocenters. The number of rotatable bonds is 4. The maximum atomic E-state index is 13.0. The predicted molar refractivity (Wildman–Crippen MR) is 72.7 cm³/mol. The minimum absolute atomic E-state index is 0.0446. The summed E-state index contributed by atoms with van der Waals surface area (Å²) in [4.78, 5) is 16.0. The monoisotopic (exact) mass is 277 g/mol. The highest BCUT2D eigenvalue weighted by atomic mass is 19.1. The van der Waals surface area contributed by atoms with Crippen molar-refractivity contribution in [1.29, 1.82) is 0 Å². The lowest BCUT2D eigenvalue weighted by Crippen LogP contribution is -2.15. The van der Waals surface area contributed by atoms with Gasteiger partial charge in [0.15, 0.2) is 0 Å². The smallest absolute Gasteiger partial charge is 0.274 e. The first-order valence-electron chi connectivity index (χ1n) is 6.07. The molecule has 0 aliphatic rings. The zero-order valence-electron chi connectivity index (χ0n) is 10.8. The van der Waals surface area contributed by atoms with E-state index in [2.05, 4.69) is 15.6 Å². The molecule has 1 aromatic heterocycles. The molecule has 0 aliphatic heterocycles. The maximum absolute atomic E-state index is 13.0. The third-order valence-corrected chi connectivity index (χ3v) is 2.46. The Balaban J connectivity index is 2.17. The summed E-state index contributed by atoms with van der Waals surface area (Å²) >= 11 is 0. The van der Waals surface area contributed by atoms with Crippen molar-refractivity contribution in [2.24, 2.45) is 0 Å². The number of hydrogen-bond acceptors (Lipinski definition) is 3. The number of carbonyl (C=O) groups is 1. The Bertz CT molecular complexity index is 611. The van der Waals surface area contributed by atoms with Crippen LogP contribution in [0.25, 0.3) is 0 Å². The maximum Gasteiger partial charge on any atom is 0.274 e. The summed E-state index contributed by atoms with van der Waals surface area (Å²) in [5.74, 6) is -1.48. The van der Waals surface area contributed by atoms with Crippen LogP contribution in [0.5, 0.6) is 0 Å². The number of carbonyl (C=O) groups excluding carboxylic acids is 1. The van der Waals surface area contributed by atoms with Crippen LogP contribution in [0.4, 0.5) is 20.3 Å². The Morgan fingerprint density at radius 3 is 2.55 bits per heavy atom. The molecular formula is C14H13F2N3O. The van der Waals surface area contributed by atoms with E-state index < -0.39 is 17.5 Å². The van der Waals surface area contributed by atoms with Crippen LogP contribution < -0.4 is 10.6 Å². The van der Waals surface area contributed by atoms with Crippen LogP contribution in [0, 0.1) is 11.6 Å². The van der Waals surface area contributed by atoms with Crippen molar-refractivity contribution in [2.45, 2.75) is 6.92 Å². The number of nitrogens with zero attached hydrogens (tertiary/aromatic N) is 1. The molecular weight excluding hydrogens is 264 g/mol. The average Bonchev–Trinajstić information content (AvgIpc) is 2.38. The Kier molecular flexibility index (Phi) is 4.24. The number of aromatic nitrogens is 1. The highest BCUT2D eigenvalue weighted by Gasteiger charge is 2.10. The number of halogens is 2. The van der Waals surface area contributed by atoms with Crippen molar-refractivity contribution in [3.05, 3.63) is 53.7 Å². The standard InChI is InChI=1S/C14H13F2N3O/c1-2-17-13-5-3-4-12(19-13)14(20)18-11-7-9(15)6-10(16)8-11/h3-8H,2H2,1H3,(H,17,19)(H,18,20). The molecule has 0 aliphatic carbocycles. The van der Waals surface area contributed by atoms with Crippen LogP contribution in [0.15, 0.2) is 36.4 Å². The van der Waals surface area contributed by atoms with Crippen LogP contribution >= 0.6 is 0 Å². The van der Waals surface area contributed by atoms with Gasteiger partial charge in [0.05, 0.1) is 0 Å². The summed E-state index contributed by atoms with van der Waals surface area (Å²) in [6, 6.07) is 7.73. The first-order chi connectivity index (χ1) is 9.58. The topological polar surface area (TPSA) is 54.0 Å². The molecule has 0 spiro atoms. The quantitative estimate of drug-likeness (QED) is 0.903. The third-order valence-electron chi connectivity index (χ3n) is 2.46. The molecule has 0 atom stereocenters. The zero-order chi connectivity index (χ0) is 14.5. The molecule has 0 fully saturated rings. The van der Waals surface area contributed by atoms with Gasteiger partial charge in [-0.1, -0.05) is 6.07 Å². The Labute approximate surface area is 114 Å². The number of pyridine rings is 1. The van der Waals surface area contributed by atoms with Crippen molar-refractivity contribution in [3.8, 4) is 0 Å². The Morgan fingerprint density at radius 1 is 1.20 bits per heavy atom. The van der Waals surface area contributed by atoms with Gasteiger partial charge in [0.2, 0.25) is 0 Å². The molecule has 0 radical (unpaired) electrons. The highest BCUT2D eigenvalue weighted by Crippen LogP contribution is 2.14. The third kappa shape index (κ3) is 3.50. The van der Waals surface area contributed by atoms with E-state index in [0.29, 0.717) is 12.4 Å². The van der Waals surface area contributed by atoms with E-state index in [0.717, 1.165) is 18.2 Å². The predicted octanol–water partition coefficient (Wildman–Crippen LogP) is 3.04. The second-order valence-corrected chi connectivity index (χ2v) is 4.05. The van der Waals surface area contributed by atoms with Crippen LogP contribution in [0.1, 0.15) is 17.4 Å². The number of nitrogens with one attached hydrogen (secondary N) is 2. The van der Waals surface area contributed by atoms with Gasteiger partial charge in [0.25, 0.3) is 5.91 Å². The van der Waals surface area contributed by atoms with Crippen molar-refractivity contribution < 1.29 is 13.6 Å². The molecule has 1 aromatic carbocycles. The zero-order valence-corrected chi connectivity index (χ0v) is 10.8. The van der Waals surface area contributed by atoms with Crippen LogP contribution in [0.2, 0.25) is 0 Å². The van der Waals surface area contributed by atoms with E-state index in [1.165, 1.54) is 6.07 Å². The highest BCUT2D eigenvalue weighted by molar-refractivity contribution is 6.03. The Hall–Kier alpha value is -2.50. The van der Waals surface area contributed by atoms with Gasteiger partial charge in [-0.15, -0.1) is 0 Å². The van der Waals surface area contributed by atoms with Crippen molar-refractivity contribution >= 4 is 17.4 Å². The summed E-state index contributed by atoms with van der Waals surface area (Å²) in [5, 5.41) is 5.37. The molecule has 2 aromatic rings. The number of hydrogen-bond donors (Lipinski definition) is 2. The van der Waals surface area contributed by atoms with E-state index in [9.17, 15) is 13.6 Å². The molecule has 1 heterocycles. The van der Waals surface area contributed by atoms with Gasteiger partial charge in [-0.25, -0.2) is 13.8 Å². The summed E-state index contributed by atoms with van der Waals surface area (Å²) in [5.41, 5.74) is 0.205. The fraction of sp³-hybridized carbons (Fsp3) is 0.143. The largest absolute Gasteiger partial charge is 0.370 e. The van der Waals surface area contributed by atoms with Gasteiger partial charge in [-0.3, -0.25) is 4.79 Å². The lowest BCUT2D eigenvalue weighted by Gasteiger charge is -2.07. The number of amides is 1. The van der Waals surface area contributed by atoms with Gasteiger partial charge in [-0.05, 0) is 31.2 Å². The average molecular weight is 277 g/mol. The van der Waals surface area contributed by atoms with E-state index in [-0.39, 0.29) is 11.4 Å². The molecule has 2 N–H and O–H groups in total. The van der Waals surface area contributed by atoms with E-state index in [1.807, 2.05) is 6.92 Å². The van der Waals surface area contributed by atoms with Gasteiger partial charge < -0.3 is 10.6 Å². The summed E-state index contributed by atoms with van der Waals surface area (Å²) in [7, 11) is 0. The molecule has 104 valence electrons. The molecule has 0 saturated heterocycles. The molecule has 0 bridgehead atoms. The van der Waals surface area contributed by atoms with Gasteiger partial charge in [0, 0.05) is 18.3 Å². The molecule has 6 heteroatoms.